The van der Waals surface area contributed by atoms with Gasteiger partial charge in [-0.15, -0.1) is 0 Å². The van der Waals surface area contributed by atoms with Crippen molar-refractivity contribution in [2.24, 2.45) is 23.7 Å². The molecular weight excluding hydrogens is 847 g/mol. The van der Waals surface area contributed by atoms with Crippen molar-refractivity contribution in [3.63, 3.8) is 0 Å². The molecule has 16 heteroatoms. The van der Waals surface area contributed by atoms with Gasteiger partial charge in [0.05, 0.1) is 53.6 Å². The van der Waals surface area contributed by atoms with E-state index in [1.54, 1.807) is 43.3 Å². The number of aromatic nitrogens is 3. The van der Waals surface area contributed by atoms with Crippen molar-refractivity contribution < 1.29 is 52.7 Å². The maximum absolute atomic E-state index is 15.0. The molecule has 0 spiro atoms. The number of hydrogen-bond donors (Lipinski definition) is 1. The van der Waals surface area contributed by atoms with E-state index in [1.165, 1.54) is 7.11 Å². The number of rotatable bonds is 14. The zero-order valence-corrected chi connectivity index (χ0v) is 40.8. The van der Waals surface area contributed by atoms with Crippen LogP contribution in [-0.2, 0) is 55.8 Å². The minimum absolute atomic E-state index is 0.0982. The first-order valence-corrected chi connectivity index (χ1v) is 23.8. The standard InChI is InChI=1S/C50H73N5O11/c1-12-39-50(9)44(55(48(60)66-50)25-17-16-24-54-29-52-36-18-14-15-19-37(36)54)32(5)41(57)30(3)28-49(8,61-11)45(65-47-42(58)38(53(10)13-2)26-31(4)62-47)33(6)43(34(7)46(59)63-39)64-40(56)27-35-20-22-51-23-21-35/h14-15,18-23,29-34,38-39,42-45,47,58H,12-13,16-17,24-28H2,1-11H3/t30-,31+,32+,33+,34-,38-,39-,42+,43+,44-,45-,47-,49-,50-/m1/s1. The number of aliphatic hydroxyl groups is 1. The van der Waals surface area contributed by atoms with Gasteiger partial charge in [0.15, 0.2) is 11.9 Å². The first kappa shape index (κ1) is 50.9. The molecule has 16 nitrogen and oxygen atoms in total. The second kappa shape index (κ2) is 21.6. The van der Waals surface area contributed by atoms with Gasteiger partial charge in [0.1, 0.15) is 24.1 Å². The highest BCUT2D eigenvalue weighted by molar-refractivity contribution is 5.85. The van der Waals surface area contributed by atoms with Crippen LogP contribution in [0.3, 0.4) is 0 Å². The Morgan fingerprint density at radius 2 is 1.68 bits per heavy atom. The van der Waals surface area contributed by atoms with E-state index in [9.17, 15) is 19.5 Å². The van der Waals surface area contributed by atoms with Crippen LogP contribution in [0.25, 0.3) is 11.0 Å². The van der Waals surface area contributed by atoms with E-state index in [0.717, 1.165) is 17.5 Å². The number of unbranched alkanes of at least 4 members (excludes halogenated alkanes) is 1. The molecule has 3 saturated heterocycles. The number of hydrogen-bond acceptors (Lipinski definition) is 14. The Bertz CT molecular complexity index is 2120. The molecule has 0 radical (unpaired) electrons. The van der Waals surface area contributed by atoms with Gasteiger partial charge in [-0.3, -0.25) is 19.4 Å². The molecule has 1 amide bonds. The SMILES string of the molecule is CC[C@H]1OC(=O)[C@H](C)[C@@H](OC(=O)Cc2ccncc2)[C@H](C)[C@@H](O[C@H]2O[C@@H](C)C[C@@H](N(C)CC)[C@@H]2O)[C@](C)(OC)C[C@@H](C)C(=O)[C@H](C)[C@H]2N(CCCCn3cnc4ccccc43)C(=O)O[C@]12C. The minimum Gasteiger partial charge on any atom is -0.461 e. The molecule has 1 N–H and O–H groups in total. The number of amides is 1. The summed E-state index contributed by atoms with van der Waals surface area (Å²) >= 11 is 0. The summed E-state index contributed by atoms with van der Waals surface area (Å²) in [5, 5.41) is 11.9. The average Bonchev–Trinajstić information content (AvgIpc) is 3.83. The smallest absolute Gasteiger partial charge is 0.410 e. The molecule has 3 aliphatic rings. The van der Waals surface area contributed by atoms with Gasteiger partial charge in [-0.2, -0.15) is 0 Å². The van der Waals surface area contributed by atoms with Gasteiger partial charge in [-0.1, -0.05) is 46.8 Å². The number of pyridine rings is 1. The lowest BCUT2D eigenvalue weighted by Crippen LogP contribution is -2.61. The lowest BCUT2D eigenvalue weighted by atomic mass is 9.73. The summed E-state index contributed by atoms with van der Waals surface area (Å²) in [5.41, 5.74) is -0.124. The van der Waals surface area contributed by atoms with E-state index in [2.05, 4.69) is 19.4 Å². The lowest BCUT2D eigenvalue weighted by molar-refractivity contribution is -0.302. The Labute approximate surface area is 390 Å². The Hall–Kier alpha value is -4.48. The molecule has 0 unspecified atom stereocenters. The molecule has 3 aromatic rings. The van der Waals surface area contributed by atoms with Crippen LogP contribution in [0.4, 0.5) is 4.79 Å². The number of esters is 2. The summed E-state index contributed by atoms with van der Waals surface area (Å²) in [6, 6.07) is 10.2. The highest BCUT2D eigenvalue weighted by Gasteiger charge is 2.60. The third kappa shape index (κ3) is 10.8. The molecule has 66 heavy (non-hydrogen) atoms. The van der Waals surface area contributed by atoms with Crippen molar-refractivity contribution in [1.82, 2.24) is 24.3 Å². The third-order valence-corrected chi connectivity index (χ3v) is 14.7. The molecule has 364 valence electrons. The van der Waals surface area contributed by atoms with Gasteiger partial charge < -0.3 is 47.9 Å². The van der Waals surface area contributed by atoms with Gasteiger partial charge in [0, 0.05) is 56.4 Å². The fourth-order valence-corrected chi connectivity index (χ4v) is 10.8. The quantitative estimate of drug-likeness (QED) is 0.107. The van der Waals surface area contributed by atoms with E-state index in [-0.39, 0.29) is 37.2 Å². The Balaban J connectivity index is 1.37. The molecule has 5 heterocycles. The van der Waals surface area contributed by atoms with E-state index in [1.807, 2.05) is 86.1 Å². The number of aryl methyl sites for hydroxylation is 1. The maximum Gasteiger partial charge on any atom is 0.410 e. The van der Waals surface area contributed by atoms with Gasteiger partial charge >= 0.3 is 18.0 Å². The number of cyclic esters (lactones) is 1. The van der Waals surface area contributed by atoms with Crippen LogP contribution in [0.1, 0.15) is 100.0 Å². The van der Waals surface area contributed by atoms with Crippen molar-refractivity contribution in [3.05, 3.63) is 60.7 Å². The first-order chi connectivity index (χ1) is 31.4. The van der Waals surface area contributed by atoms with Crippen molar-refractivity contribution in [1.29, 1.82) is 0 Å². The van der Waals surface area contributed by atoms with Crippen molar-refractivity contribution in [2.75, 3.05) is 27.2 Å². The topological polar surface area (TPSA) is 181 Å². The second-order valence-corrected chi connectivity index (χ2v) is 19.3. The first-order valence-electron chi connectivity index (χ1n) is 23.8. The van der Waals surface area contributed by atoms with Crippen molar-refractivity contribution in [2.45, 2.75) is 167 Å². The summed E-state index contributed by atoms with van der Waals surface area (Å²) in [6.45, 7) is 18.1. The van der Waals surface area contributed by atoms with Gasteiger partial charge in [0.2, 0.25) is 0 Å². The number of likely N-dealkylation sites (N-methyl/N-ethyl adjacent to an activating group) is 1. The molecule has 3 fully saturated rings. The lowest BCUT2D eigenvalue weighted by Gasteiger charge is -2.48. The number of nitrogens with zero attached hydrogens (tertiary/aromatic N) is 5. The fraction of sp³-hybridized carbons (Fsp3) is 0.680. The normalized spacial score (nSPS) is 34.7. The monoisotopic (exact) mass is 920 g/mol. The molecule has 14 atom stereocenters. The number of fused-ring (bicyclic) bond motifs is 2. The van der Waals surface area contributed by atoms with Crippen LogP contribution < -0.4 is 0 Å². The largest absolute Gasteiger partial charge is 0.461 e. The zero-order valence-electron chi connectivity index (χ0n) is 40.8. The van der Waals surface area contributed by atoms with Gasteiger partial charge in [0.25, 0.3) is 0 Å². The number of para-hydroxylation sites is 2. The number of imidazole rings is 1. The number of aliphatic hydroxyl groups excluding tert-OH is 1. The summed E-state index contributed by atoms with van der Waals surface area (Å²) < 4.78 is 40.8. The number of methoxy groups -OCH3 is 1. The summed E-state index contributed by atoms with van der Waals surface area (Å²) in [6.07, 6.45) is 0.925. The highest BCUT2D eigenvalue weighted by atomic mass is 16.7. The Kier molecular flexibility index (Phi) is 16.7. The number of carbonyl (C=O) groups excluding carboxylic acids is 4. The van der Waals surface area contributed by atoms with Crippen molar-refractivity contribution >= 4 is 34.8 Å². The van der Waals surface area contributed by atoms with E-state index in [0.29, 0.717) is 38.0 Å². The van der Waals surface area contributed by atoms with Crippen molar-refractivity contribution in [3.8, 4) is 0 Å². The van der Waals surface area contributed by atoms with Crippen LogP contribution in [0.2, 0.25) is 0 Å². The summed E-state index contributed by atoms with van der Waals surface area (Å²) in [5.74, 6) is -4.74. The molecule has 0 aliphatic carbocycles. The van der Waals surface area contributed by atoms with E-state index in [4.69, 9.17) is 28.4 Å². The predicted octanol–water partition coefficient (Wildman–Crippen LogP) is 6.39. The summed E-state index contributed by atoms with van der Waals surface area (Å²) in [7, 11) is 3.47. The van der Waals surface area contributed by atoms with Crippen LogP contribution in [0, 0.1) is 23.7 Å². The number of ketones is 1. The second-order valence-electron chi connectivity index (χ2n) is 19.3. The Morgan fingerprint density at radius 1 is 0.985 bits per heavy atom. The number of ether oxygens (including phenoxy) is 6. The van der Waals surface area contributed by atoms with Crippen LogP contribution in [0.15, 0.2) is 55.1 Å². The fourth-order valence-electron chi connectivity index (χ4n) is 10.8. The zero-order chi connectivity index (χ0) is 48.1. The van der Waals surface area contributed by atoms with Crippen LogP contribution >= 0.6 is 0 Å². The van der Waals surface area contributed by atoms with Gasteiger partial charge in [-0.05, 0) is 103 Å². The molecule has 6 rings (SSSR count). The molecule has 3 aliphatic heterocycles. The number of benzene rings is 1. The Morgan fingerprint density at radius 3 is 2.36 bits per heavy atom. The molecular formula is C50H73N5O11. The molecule has 0 saturated carbocycles. The number of Topliss-reactive ketones (excluding diaryl/α,β-unsaturated/α-hetero) is 1. The molecule has 0 bridgehead atoms. The maximum atomic E-state index is 15.0. The van der Waals surface area contributed by atoms with Crippen LogP contribution in [0.5, 0.6) is 0 Å². The van der Waals surface area contributed by atoms with Gasteiger partial charge in [-0.25, -0.2) is 9.78 Å². The van der Waals surface area contributed by atoms with E-state index < -0.39 is 89.7 Å². The minimum atomic E-state index is -1.43. The van der Waals surface area contributed by atoms with E-state index >= 15 is 4.79 Å². The molecule has 1 aromatic carbocycles. The number of carbonyl (C=O) groups is 4. The highest BCUT2D eigenvalue weighted by Crippen LogP contribution is 2.44. The van der Waals surface area contributed by atoms with Crippen LogP contribution in [-0.4, -0.2) is 141 Å². The predicted molar refractivity (Wildman–Crippen MR) is 246 cm³/mol. The average molecular weight is 920 g/mol. The third-order valence-electron chi connectivity index (χ3n) is 14.7. The summed E-state index contributed by atoms with van der Waals surface area (Å²) in [4.78, 5) is 70.1. The molecule has 2 aromatic heterocycles.